The van der Waals surface area contributed by atoms with Gasteiger partial charge in [-0.3, -0.25) is 4.55 Å². The number of benzene rings is 1. The summed E-state index contributed by atoms with van der Waals surface area (Å²) >= 11 is 0. The Morgan fingerprint density at radius 3 is 2.23 bits per heavy atom. The monoisotopic (exact) mass is 200 g/mol. The van der Waals surface area contributed by atoms with Crippen LogP contribution in [0.25, 0.3) is 0 Å². The third-order valence-electron chi connectivity index (χ3n) is 1.56. The zero-order valence-electron chi connectivity index (χ0n) is 7.14. The highest BCUT2D eigenvalue weighted by Gasteiger charge is 2.07. The van der Waals surface area contributed by atoms with Crippen molar-refractivity contribution in [2.75, 3.05) is 7.05 Å². The third kappa shape index (κ3) is 2.80. The van der Waals surface area contributed by atoms with Crippen LogP contribution in [0.3, 0.4) is 0 Å². The van der Waals surface area contributed by atoms with E-state index in [2.05, 4.69) is 5.32 Å². The molecule has 0 aliphatic carbocycles. The molecule has 0 spiro atoms. The summed E-state index contributed by atoms with van der Waals surface area (Å²) in [5, 5.41) is 3.89. The molecular formula is C8H10NO3S. The van der Waals surface area contributed by atoms with Crippen molar-refractivity contribution in [3.63, 3.8) is 0 Å². The summed E-state index contributed by atoms with van der Waals surface area (Å²) in [5.41, 5.74) is 0.912. The second kappa shape index (κ2) is 3.87. The fraction of sp³-hybridized carbons (Fsp3) is 0.250. The molecule has 71 valence electrons. The lowest BCUT2D eigenvalue weighted by Gasteiger charge is -1.99. The Kier molecular flexibility index (Phi) is 3.02. The summed E-state index contributed by atoms with van der Waals surface area (Å²) in [6.45, 7) is 0.547. The summed E-state index contributed by atoms with van der Waals surface area (Å²) < 4.78 is 29.9. The Labute approximate surface area is 77.3 Å². The Morgan fingerprint density at radius 1 is 1.31 bits per heavy atom. The van der Waals surface area contributed by atoms with Gasteiger partial charge in [0.2, 0.25) is 0 Å². The number of nitrogens with zero attached hydrogens (tertiary/aromatic N) is 1. The molecular weight excluding hydrogens is 190 g/mol. The van der Waals surface area contributed by atoms with Crippen molar-refractivity contribution in [1.29, 1.82) is 0 Å². The second-order valence-electron chi connectivity index (χ2n) is 2.59. The highest BCUT2D eigenvalue weighted by Crippen LogP contribution is 2.09. The average molecular weight is 200 g/mol. The van der Waals surface area contributed by atoms with E-state index in [0.29, 0.717) is 6.54 Å². The van der Waals surface area contributed by atoms with Gasteiger partial charge in [-0.1, -0.05) is 12.1 Å². The lowest BCUT2D eigenvalue weighted by atomic mass is 10.2. The molecule has 0 amide bonds. The van der Waals surface area contributed by atoms with Crippen molar-refractivity contribution in [3.05, 3.63) is 29.8 Å². The fourth-order valence-electron chi connectivity index (χ4n) is 0.949. The number of hydrogen-bond acceptors (Lipinski definition) is 2. The predicted octanol–water partition coefficient (Wildman–Crippen LogP) is 0.667. The molecule has 0 bridgehead atoms. The van der Waals surface area contributed by atoms with E-state index in [1.807, 2.05) is 0 Å². The summed E-state index contributed by atoms with van der Waals surface area (Å²) in [6.07, 6.45) is 0. The first-order valence-electron chi connectivity index (χ1n) is 3.66. The highest BCUT2D eigenvalue weighted by molar-refractivity contribution is 7.85. The standard InChI is InChI=1S/C8H10NO3S/c1-9-6-7-2-4-8(5-3-7)13(10,11)12/h2-5H,6H2,1H3,(H,10,11,12). The SMILES string of the molecule is C[N]Cc1ccc(S(=O)(=O)O)cc1. The van der Waals surface area contributed by atoms with Crippen LogP contribution < -0.4 is 5.32 Å². The maximum Gasteiger partial charge on any atom is 0.294 e. The van der Waals surface area contributed by atoms with Gasteiger partial charge in [-0.2, -0.15) is 8.42 Å². The maximum absolute atomic E-state index is 10.6. The molecule has 0 aliphatic rings. The van der Waals surface area contributed by atoms with Gasteiger partial charge >= 0.3 is 0 Å². The molecule has 0 saturated heterocycles. The molecule has 1 rings (SSSR count). The molecule has 1 aromatic rings. The Bertz CT molecular complexity index is 369. The van der Waals surface area contributed by atoms with Crippen LogP contribution in [0.2, 0.25) is 0 Å². The first kappa shape index (κ1) is 10.2. The van der Waals surface area contributed by atoms with Crippen molar-refractivity contribution in [3.8, 4) is 0 Å². The molecule has 0 aliphatic heterocycles. The van der Waals surface area contributed by atoms with Gasteiger partial charge in [0.25, 0.3) is 10.1 Å². The predicted molar refractivity (Wildman–Crippen MR) is 48.0 cm³/mol. The molecule has 5 heteroatoms. The minimum Gasteiger partial charge on any atom is -0.282 e. The normalized spacial score (nSPS) is 11.5. The van der Waals surface area contributed by atoms with Crippen LogP contribution in [0.4, 0.5) is 0 Å². The van der Waals surface area contributed by atoms with Crippen molar-refractivity contribution in [2.45, 2.75) is 11.4 Å². The zero-order chi connectivity index (χ0) is 9.90. The van der Waals surface area contributed by atoms with Gasteiger partial charge in [-0.05, 0) is 17.7 Å². The minimum atomic E-state index is -4.07. The lowest BCUT2D eigenvalue weighted by molar-refractivity contribution is 0.483. The first-order chi connectivity index (χ1) is 6.04. The van der Waals surface area contributed by atoms with Crippen LogP contribution in [0.5, 0.6) is 0 Å². The van der Waals surface area contributed by atoms with Crippen LogP contribution >= 0.6 is 0 Å². The summed E-state index contributed by atoms with van der Waals surface area (Å²) in [5.74, 6) is 0. The molecule has 0 heterocycles. The molecule has 4 nitrogen and oxygen atoms in total. The lowest BCUT2D eigenvalue weighted by Crippen LogP contribution is -2.00. The van der Waals surface area contributed by atoms with E-state index in [1.54, 1.807) is 19.2 Å². The summed E-state index contributed by atoms with van der Waals surface area (Å²) in [6, 6.07) is 5.96. The van der Waals surface area contributed by atoms with Gasteiger partial charge in [0.15, 0.2) is 0 Å². The van der Waals surface area contributed by atoms with Gasteiger partial charge in [0, 0.05) is 13.6 Å². The second-order valence-corrected chi connectivity index (χ2v) is 4.01. The van der Waals surface area contributed by atoms with Crippen molar-refractivity contribution in [2.24, 2.45) is 0 Å². The average Bonchev–Trinajstić information content (AvgIpc) is 2.04. The van der Waals surface area contributed by atoms with Crippen LogP contribution in [-0.4, -0.2) is 20.0 Å². The van der Waals surface area contributed by atoms with Crippen LogP contribution in [0.1, 0.15) is 5.56 Å². The molecule has 13 heavy (non-hydrogen) atoms. The largest absolute Gasteiger partial charge is 0.294 e. The maximum atomic E-state index is 10.6. The van der Waals surface area contributed by atoms with E-state index in [-0.39, 0.29) is 4.90 Å². The summed E-state index contributed by atoms with van der Waals surface area (Å²) in [7, 11) is -2.39. The van der Waals surface area contributed by atoms with Gasteiger partial charge in [-0.25, -0.2) is 5.32 Å². The molecule has 1 radical (unpaired) electrons. The van der Waals surface area contributed by atoms with E-state index in [1.165, 1.54) is 12.1 Å². The first-order valence-corrected chi connectivity index (χ1v) is 5.10. The quantitative estimate of drug-likeness (QED) is 0.729. The van der Waals surface area contributed by atoms with Gasteiger partial charge < -0.3 is 0 Å². The third-order valence-corrected chi connectivity index (χ3v) is 2.43. The highest BCUT2D eigenvalue weighted by atomic mass is 32.2. The van der Waals surface area contributed by atoms with Crippen molar-refractivity contribution >= 4 is 10.1 Å². The van der Waals surface area contributed by atoms with Crippen LogP contribution in [-0.2, 0) is 16.7 Å². The van der Waals surface area contributed by atoms with Gasteiger partial charge in [-0.15, -0.1) is 0 Å². The number of rotatable bonds is 3. The minimum absolute atomic E-state index is 0.0904. The van der Waals surface area contributed by atoms with Crippen LogP contribution in [0.15, 0.2) is 29.2 Å². The van der Waals surface area contributed by atoms with Crippen LogP contribution in [0, 0.1) is 0 Å². The van der Waals surface area contributed by atoms with Gasteiger partial charge in [0.05, 0.1) is 4.90 Å². The number of hydrogen-bond donors (Lipinski definition) is 1. The van der Waals surface area contributed by atoms with Crippen molar-refractivity contribution in [1.82, 2.24) is 5.32 Å². The fourth-order valence-corrected chi connectivity index (χ4v) is 1.43. The van der Waals surface area contributed by atoms with E-state index in [0.717, 1.165) is 5.56 Å². The Morgan fingerprint density at radius 2 is 1.85 bits per heavy atom. The Balaban J connectivity index is 2.94. The topological polar surface area (TPSA) is 68.5 Å². The zero-order valence-corrected chi connectivity index (χ0v) is 7.95. The molecule has 0 atom stereocenters. The van der Waals surface area contributed by atoms with Gasteiger partial charge in [0.1, 0.15) is 0 Å². The van der Waals surface area contributed by atoms with E-state index in [9.17, 15) is 8.42 Å². The molecule has 1 aromatic carbocycles. The van der Waals surface area contributed by atoms with E-state index in [4.69, 9.17) is 4.55 Å². The van der Waals surface area contributed by atoms with E-state index >= 15 is 0 Å². The molecule has 0 fully saturated rings. The Hall–Kier alpha value is -0.910. The molecule has 1 N–H and O–H groups in total. The molecule has 0 unspecified atom stereocenters. The van der Waals surface area contributed by atoms with E-state index < -0.39 is 10.1 Å². The summed E-state index contributed by atoms with van der Waals surface area (Å²) in [4.78, 5) is -0.0904. The molecule has 0 saturated carbocycles. The molecule has 0 aromatic heterocycles. The smallest absolute Gasteiger partial charge is 0.282 e. The van der Waals surface area contributed by atoms with Crippen molar-refractivity contribution < 1.29 is 13.0 Å².